The van der Waals surface area contributed by atoms with Crippen LogP contribution in [0.2, 0.25) is 0 Å². The number of unbranched alkanes of at least 4 members (excludes halogenated alkanes) is 1. The zero-order valence-electron chi connectivity index (χ0n) is 26.5. The van der Waals surface area contributed by atoms with Gasteiger partial charge in [0.25, 0.3) is 0 Å². The number of hydrogen-bond donors (Lipinski definition) is 3. The van der Waals surface area contributed by atoms with Crippen molar-refractivity contribution in [3.8, 4) is 16.9 Å². The number of methoxy groups -OCH3 is 1. The zero-order chi connectivity index (χ0) is 33.0. The number of benzene rings is 4. The van der Waals surface area contributed by atoms with E-state index in [0.717, 1.165) is 49.8 Å². The molecule has 3 unspecified atom stereocenters. The summed E-state index contributed by atoms with van der Waals surface area (Å²) in [4.78, 5) is 23.9. The maximum absolute atomic E-state index is 12.2. The SMILES string of the molecule is COc1ccccc1SCC1CC(c2ccc(CO)cc2)OC(c2ccc(-c3cccc(CNC(=O)CCCCC(=O)O)c3)cc2)O1. The fourth-order valence-electron chi connectivity index (χ4n) is 5.49. The van der Waals surface area contributed by atoms with E-state index in [4.69, 9.17) is 19.3 Å². The van der Waals surface area contributed by atoms with E-state index in [9.17, 15) is 14.7 Å². The van der Waals surface area contributed by atoms with E-state index in [1.54, 1.807) is 18.9 Å². The quantitative estimate of drug-likeness (QED) is 0.0894. The Balaban J connectivity index is 1.25. The topological polar surface area (TPSA) is 114 Å². The molecule has 0 saturated carbocycles. The molecule has 4 aromatic rings. The largest absolute Gasteiger partial charge is 0.496 e. The van der Waals surface area contributed by atoms with E-state index in [1.807, 2.05) is 72.8 Å². The number of hydrogen-bond acceptors (Lipinski definition) is 7. The fraction of sp³-hybridized carbons (Fsp3) is 0.316. The minimum Gasteiger partial charge on any atom is -0.496 e. The molecule has 8 nitrogen and oxygen atoms in total. The third kappa shape index (κ3) is 9.92. The van der Waals surface area contributed by atoms with Crippen LogP contribution in [0.25, 0.3) is 11.1 Å². The van der Waals surface area contributed by atoms with E-state index in [1.165, 1.54) is 0 Å². The Morgan fingerprint density at radius 1 is 0.851 bits per heavy atom. The number of carboxylic acid groups (broad SMARTS) is 1. The van der Waals surface area contributed by atoms with Gasteiger partial charge in [-0.15, -0.1) is 11.8 Å². The lowest BCUT2D eigenvalue weighted by atomic mass is 9.99. The van der Waals surface area contributed by atoms with Gasteiger partial charge >= 0.3 is 5.97 Å². The number of rotatable bonds is 15. The number of ether oxygens (including phenoxy) is 3. The van der Waals surface area contributed by atoms with Crippen LogP contribution in [0.15, 0.2) is 102 Å². The normalized spacial score (nSPS) is 17.6. The van der Waals surface area contributed by atoms with Crippen molar-refractivity contribution in [2.75, 3.05) is 12.9 Å². The number of aliphatic hydroxyl groups is 1. The third-order valence-electron chi connectivity index (χ3n) is 8.09. The molecule has 0 spiro atoms. The van der Waals surface area contributed by atoms with E-state index in [-0.39, 0.29) is 31.1 Å². The average molecular weight is 656 g/mol. The summed E-state index contributed by atoms with van der Waals surface area (Å²) in [5.74, 6) is 0.647. The van der Waals surface area contributed by atoms with Crippen LogP contribution in [0.5, 0.6) is 5.75 Å². The molecule has 3 N–H and O–H groups in total. The minimum absolute atomic E-state index is 0.00418. The summed E-state index contributed by atoms with van der Waals surface area (Å²) in [6, 6.07) is 32.1. The van der Waals surface area contributed by atoms with Crippen molar-refractivity contribution < 1.29 is 34.0 Å². The first-order valence-electron chi connectivity index (χ1n) is 15.9. The lowest BCUT2D eigenvalue weighted by Gasteiger charge is -2.36. The second-order valence-corrected chi connectivity index (χ2v) is 12.6. The molecule has 1 aliphatic rings. The lowest BCUT2D eigenvalue weighted by molar-refractivity contribution is -0.245. The number of aliphatic hydroxyl groups excluding tert-OH is 1. The van der Waals surface area contributed by atoms with Gasteiger partial charge in [-0.2, -0.15) is 0 Å². The van der Waals surface area contributed by atoms with Crippen LogP contribution in [0.3, 0.4) is 0 Å². The van der Waals surface area contributed by atoms with Crippen molar-refractivity contribution in [3.05, 3.63) is 119 Å². The highest BCUT2D eigenvalue weighted by atomic mass is 32.2. The first-order chi connectivity index (χ1) is 22.9. The first kappa shape index (κ1) is 34.2. The molecule has 1 aliphatic heterocycles. The Hall–Kier alpha value is -4.15. The number of aliphatic carboxylic acids is 1. The Morgan fingerprint density at radius 2 is 1.60 bits per heavy atom. The van der Waals surface area contributed by atoms with Gasteiger partial charge in [-0.1, -0.05) is 78.9 Å². The summed E-state index contributed by atoms with van der Waals surface area (Å²) in [5, 5.41) is 21.2. The summed E-state index contributed by atoms with van der Waals surface area (Å²) < 4.78 is 18.6. The van der Waals surface area contributed by atoms with E-state index in [0.29, 0.717) is 32.2 Å². The molecular formula is C38H41NO7S. The number of carbonyl (C=O) groups excluding carboxylic acids is 1. The van der Waals surface area contributed by atoms with Crippen molar-refractivity contribution in [2.24, 2.45) is 0 Å². The molecule has 246 valence electrons. The van der Waals surface area contributed by atoms with Crippen LogP contribution in [-0.4, -0.2) is 41.1 Å². The summed E-state index contributed by atoms with van der Waals surface area (Å²) in [6.07, 6.45) is 1.33. The molecule has 1 fully saturated rings. The van der Waals surface area contributed by atoms with Gasteiger partial charge in [0.05, 0.1) is 25.9 Å². The highest BCUT2D eigenvalue weighted by molar-refractivity contribution is 7.99. The predicted octanol–water partition coefficient (Wildman–Crippen LogP) is 7.45. The molecule has 47 heavy (non-hydrogen) atoms. The maximum atomic E-state index is 12.2. The van der Waals surface area contributed by atoms with Crippen molar-refractivity contribution in [3.63, 3.8) is 0 Å². The monoisotopic (exact) mass is 655 g/mol. The Bertz CT molecular complexity index is 1610. The Morgan fingerprint density at radius 3 is 2.34 bits per heavy atom. The summed E-state index contributed by atoms with van der Waals surface area (Å²) in [7, 11) is 1.68. The van der Waals surface area contributed by atoms with Gasteiger partial charge in [-0.25, -0.2) is 0 Å². The van der Waals surface area contributed by atoms with Crippen LogP contribution in [0, 0.1) is 0 Å². The molecule has 0 bridgehead atoms. The molecule has 0 radical (unpaired) electrons. The maximum Gasteiger partial charge on any atom is 0.303 e. The second-order valence-electron chi connectivity index (χ2n) is 11.5. The molecule has 9 heteroatoms. The third-order valence-corrected chi connectivity index (χ3v) is 9.27. The number of amides is 1. The first-order valence-corrected chi connectivity index (χ1v) is 16.8. The van der Waals surface area contributed by atoms with Crippen molar-refractivity contribution >= 4 is 23.6 Å². The molecular weight excluding hydrogens is 614 g/mol. The van der Waals surface area contributed by atoms with Crippen molar-refractivity contribution in [2.45, 2.75) is 68.6 Å². The molecule has 0 aromatic heterocycles. The molecule has 1 heterocycles. The molecule has 1 amide bonds. The van der Waals surface area contributed by atoms with E-state index in [2.05, 4.69) is 29.6 Å². The van der Waals surface area contributed by atoms with Gasteiger partial charge in [-0.3, -0.25) is 9.59 Å². The standard InChI is InChI=1S/C38H41NO7S/c1-44-33-9-2-3-10-35(33)47-25-32-22-34(29-15-13-26(24-40)14-16-29)46-38(45-32)30-19-17-28(18-20-30)31-8-6-7-27(21-31)23-39-36(41)11-4-5-12-37(42)43/h2-3,6-10,13-21,32,34,38,40H,4-5,11-12,22-25H2,1H3,(H,39,41)(H,42,43). The molecule has 0 aliphatic carbocycles. The van der Waals surface area contributed by atoms with Crippen molar-refractivity contribution in [1.29, 1.82) is 0 Å². The number of para-hydroxylation sites is 1. The van der Waals surface area contributed by atoms with Crippen LogP contribution >= 0.6 is 11.8 Å². The molecule has 5 rings (SSSR count). The van der Waals surface area contributed by atoms with Crippen LogP contribution in [-0.2, 0) is 32.2 Å². The smallest absolute Gasteiger partial charge is 0.303 e. The van der Waals surface area contributed by atoms with Gasteiger partial charge < -0.3 is 29.7 Å². The van der Waals surface area contributed by atoms with Crippen LogP contribution in [0.4, 0.5) is 0 Å². The van der Waals surface area contributed by atoms with E-state index < -0.39 is 12.3 Å². The number of carboxylic acids is 1. The van der Waals surface area contributed by atoms with Gasteiger partial charge in [0.2, 0.25) is 5.91 Å². The lowest BCUT2D eigenvalue weighted by Crippen LogP contribution is -2.31. The number of carbonyl (C=O) groups is 2. The minimum atomic E-state index is -0.841. The van der Waals surface area contributed by atoms with Crippen LogP contribution < -0.4 is 10.1 Å². The molecule has 3 atom stereocenters. The number of nitrogens with one attached hydrogen (secondary N) is 1. The Kier molecular flexibility index (Phi) is 12.5. The van der Waals surface area contributed by atoms with Gasteiger partial charge in [0.1, 0.15) is 5.75 Å². The predicted molar refractivity (Wildman–Crippen MR) is 182 cm³/mol. The van der Waals surface area contributed by atoms with Crippen molar-refractivity contribution in [1.82, 2.24) is 5.32 Å². The van der Waals surface area contributed by atoms with Gasteiger partial charge in [0.15, 0.2) is 6.29 Å². The summed E-state index contributed by atoms with van der Waals surface area (Å²) >= 11 is 1.70. The Labute approximate surface area is 280 Å². The van der Waals surface area contributed by atoms with E-state index >= 15 is 0 Å². The summed E-state index contributed by atoms with van der Waals surface area (Å²) in [6.45, 7) is 0.401. The summed E-state index contributed by atoms with van der Waals surface area (Å²) in [5.41, 5.74) is 5.87. The average Bonchev–Trinajstić information content (AvgIpc) is 3.11. The highest BCUT2D eigenvalue weighted by Gasteiger charge is 2.32. The molecule has 1 saturated heterocycles. The molecule has 4 aromatic carbocycles. The highest BCUT2D eigenvalue weighted by Crippen LogP contribution is 2.40. The van der Waals surface area contributed by atoms with Gasteiger partial charge in [0, 0.05) is 42.0 Å². The fourth-order valence-corrected chi connectivity index (χ4v) is 6.54. The van der Waals surface area contributed by atoms with Gasteiger partial charge in [-0.05, 0) is 58.9 Å². The van der Waals surface area contributed by atoms with Crippen LogP contribution in [0.1, 0.15) is 66.8 Å². The second kappa shape index (κ2) is 17.1. The zero-order valence-corrected chi connectivity index (χ0v) is 27.3. The number of thioether (sulfide) groups is 1.